The van der Waals surface area contributed by atoms with E-state index >= 15 is 0 Å². The third-order valence-electron chi connectivity index (χ3n) is 3.08. The molecule has 5 nitrogen and oxygen atoms in total. The Balaban J connectivity index is 2.30. The normalized spacial score (nSPS) is 10.3. The first-order valence-corrected chi connectivity index (χ1v) is 6.75. The molecule has 0 aliphatic carbocycles. The van der Waals surface area contributed by atoms with Crippen molar-refractivity contribution in [2.45, 2.75) is 6.61 Å². The molecule has 0 bridgehead atoms. The van der Waals surface area contributed by atoms with Crippen LogP contribution in [-0.2, 0) is 11.3 Å². The van der Waals surface area contributed by atoms with Gasteiger partial charge < -0.3 is 19.3 Å². The maximum Gasteiger partial charge on any atom is 0.195 e. The van der Waals surface area contributed by atoms with Crippen molar-refractivity contribution in [1.29, 1.82) is 0 Å². The van der Waals surface area contributed by atoms with Crippen molar-refractivity contribution >= 4 is 5.78 Å². The van der Waals surface area contributed by atoms with Crippen LogP contribution in [0.3, 0.4) is 0 Å². The molecule has 0 aliphatic rings. The molecule has 0 fully saturated rings. The van der Waals surface area contributed by atoms with Crippen LogP contribution in [0, 0.1) is 0 Å². The summed E-state index contributed by atoms with van der Waals surface area (Å²) in [5.74, 6) is 0.132. The van der Waals surface area contributed by atoms with E-state index in [0.29, 0.717) is 5.75 Å². The van der Waals surface area contributed by atoms with Crippen LogP contribution in [0.5, 0.6) is 17.2 Å². The Kier molecular flexibility index (Phi) is 5.38. The number of carbonyl (C=O) groups is 1. The van der Waals surface area contributed by atoms with Gasteiger partial charge in [-0.05, 0) is 5.56 Å². The Bertz CT molecular complexity index is 637. The predicted molar refractivity (Wildman–Crippen MR) is 81.6 cm³/mol. The molecule has 0 amide bonds. The van der Waals surface area contributed by atoms with Crippen molar-refractivity contribution in [3.63, 3.8) is 0 Å². The van der Waals surface area contributed by atoms with Crippen molar-refractivity contribution in [1.82, 2.24) is 0 Å². The third-order valence-corrected chi connectivity index (χ3v) is 3.08. The molecule has 0 heterocycles. The molecule has 0 radical (unpaired) electrons. The van der Waals surface area contributed by atoms with Crippen LogP contribution in [0.2, 0.25) is 0 Å². The molecular weight excluding hydrogens is 284 g/mol. The highest BCUT2D eigenvalue weighted by Crippen LogP contribution is 2.34. The van der Waals surface area contributed by atoms with Crippen LogP contribution in [0.15, 0.2) is 42.5 Å². The predicted octanol–water partition coefficient (Wildman–Crippen LogP) is 2.81. The fourth-order valence-electron chi connectivity index (χ4n) is 2.03. The van der Waals surface area contributed by atoms with Crippen LogP contribution in [0.1, 0.15) is 15.9 Å². The summed E-state index contributed by atoms with van der Waals surface area (Å²) in [6.07, 6.45) is 0. The molecule has 0 saturated heterocycles. The number of Topliss-reactive ketones (excluding diaryl/α,β-unsaturated/α-hetero) is 1. The molecule has 0 aromatic heterocycles. The third kappa shape index (κ3) is 3.77. The molecule has 0 saturated carbocycles. The van der Waals surface area contributed by atoms with E-state index in [1.165, 1.54) is 20.3 Å². The second kappa shape index (κ2) is 7.47. The number of phenols is 1. The van der Waals surface area contributed by atoms with E-state index in [1.807, 2.05) is 30.3 Å². The second-order valence-electron chi connectivity index (χ2n) is 4.65. The number of methoxy groups -OCH3 is 2. The number of hydrogen-bond donors (Lipinski definition) is 1. The van der Waals surface area contributed by atoms with Gasteiger partial charge in [-0.2, -0.15) is 0 Å². The molecule has 0 unspecified atom stereocenters. The van der Waals surface area contributed by atoms with E-state index in [0.717, 1.165) is 5.56 Å². The summed E-state index contributed by atoms with van der Waals surface area (Å²) >= 11 is 0. The number of ether oxygens (including phenoxy) is 3. The Labute approximate surface area is 129 Å². The fraction of sp³-hybridized carbons (Fsp3) is 0.235. The summed E-state index contributed by atoms with van der Waals surface area (Å²) in [6.45, 7) is 0.141. The number of aromatic hydroxyl groups is 1. The summed E-state index contributed by atoms with van der Waals surface area (Å²) in [4.78, 5) is 12.1. The van der Waals surface area contributed by atoms with Gasteiger partial charge in [0, 0.05) is 19.2 Å². The highest BCUT2D eigenvalue weighted by molar-refractivity contribution is 6.02. The van der Waals surface area contributed by atoms with Gasteiger partial charge in [0.1, 0.15) is 36.0 Å². The fourth-order valence-corrected chi connectivity index (χ4v) is 2.03. The standard InChI is InChI=1S/C17H18O5/c1-20-11-15(19)17-14(18)8-13(21-2)9-16(17)22-10-12-6-4-3-5-7-12/h3-9,18H,10-11H2,1-2H3. The van der Waals surface area contributed by atoms with Crippen molar-refractivity contribution in [2.24, 2.45) is 0 Å². The van der Waals surface area contributed by atoms with E-state index in [9.17, 15) is 9.90 Å². The first-order valence-electron chi connectivity index (χ1n) is 6.75. The lowest BCUT2D eigenvalue weighted by Gasteiger charge is -2.14. The highest BCUT2D eigenvalue weighted by Gasteiger charge is 2.19. The lowest BCUT2D eigenvalue weighted by molar-refractivity contribution is 0.0840. The summed E-state index contributed by atoms with van der Waals surface area (Å²) in [5, 5.41) is 10.1. The van der Waals surface area contributed by atoms with Crippen LogP contribution < -0.4 is 9.47 Å². The van der Waals surface area contributed by atoms with Gasteiger partial charge in [-0.3, -0.25) is 4.79 Å². The van der Waals surface area contributed by atoms with Gasteiger partial charge in [0.2, 0.25) is 0 Å². The Hall–Kier alpha value is -2.53. The zero-order valence-corrected chi connectivity index (χ0v) is 12.5. The number of benzene rings is 2. The Morgan fingerprint density at radius 3 is 2.50 bits per heavy atom. The second-order valence-corrected chi connectivity index (χ2v) is 4.65. The Morgan fingerprint density at radius 2 is 1.86 bits per heavy atom. The minimum Gasteiger partial charge on any atom is -0.507 e. The van der Waals surface area contributed by atoms with Crippen LogP contribution in [-0.4, -0.2) is 31.7 Å². The van der Waals surface area contributed by atoms with Crippen LogP contribution >= 0.6 is 0 Å². The SMILES string of the molecule is COCC(=O)c1c(O)cc(OC)cc1OCc1ccccc1. The van der Waals surface area contributed by atoms with Crippen LogP contribution in [0.25, 0.3) is 0 Å². The molecule has 0 aliphatic heterocycles. The molecule has 2 aromatic rings. The summed E-state index contributed by atoms with van der Waals surface area (Å²) in [6, 6.07) is 12.5. The van der Waals surface area contributed by atoms with E-state index in [4.69, 9.17) is 14.2 Å². The van der Waals surface area contributed by atoms with Gasteiger partial charge in [0.05, 0.1) is 7.11 Å². The molecule has 0 spiro atoms. The van der Waals surface area contributed by atoms with Crippen molar-refractivity contribution < 1.29 is 24.1 Å². The van der Waals surface area contributed by atoms with E-state index in [1.54, 1.807) is 6.07 Å². The first kappa shape index (κ1) is 15.9. The number of phenolic OH excluding ortho intramolecular Hbond substituents is 1. The summed E-state index contributed by atoms with van der Waals surface area (Å²) in [7, 11) is 2.90. The zero-order valence-electron chi connectivity index (χ0n) is 12.5. The minimum atomic E-state index is -0.356. The topological polar surface area (TPSA) is 65.0 Å². The van der Waals surface area contributed by atoms with Gasteiger partial charge in [-0.15, -0.1) is 0 Å². The van der Waals surface area contributed by atoms with E-state index in [-0.39, 0.29) is 36.1 Å². The van der Waals surface area contributed by atoms with Gasteiger partial charge in [0.25, 0.3) is 0 Å². The summed E-state index contributed by atoms with van der Waals surface area (Å²) < 4.78 is 15.6. The zero-order chi connectivity index (χ0) is 15.9. The van der Waals surface area contributed by atoms with Crippen molar-refractivity contribution in [3.8, 4) is 17.2 Å². The molecule has 2 aromatic carbocycles. The monoisotopic (exact) mass is 302 g/mol. The summed E-state index contributed by atoms with van der Waals surface area (Å²) in [5.41, 5.74) is 1.05. The van der Waals surface area contributed by atoms with Crippen LogP contribution in [0.4, 0.5) is 0 Å². The lowest BCUT2D eigenvalue weighted by atomic mass is 10.1. The van der Waals surface area contributed by atoms with E-state index < -0.39 is 0 Å². The smallest absolute Gasteiger partial charge is 0.195 e. The maximum absolute atomic E-state index is 12.1. The van der Waals surface area contributed by atoms with Gasteiger partial charge >= 0.3 is 0 Å². The molecule has 5 heteroatoms. The largest absolute Gasteiger partial charge is 0.507 e. The number of ketones is 1. The average Bonchev–Trinajstić information content (AvgIpc) is 2.53. The van der Waals surface area contributed by atoms with Crippen molar-refractivity contribution in [3.05, 3.63) is 53.6 Å². The maximum atomic E-state index is 12.1. The molecule has 116 valence electrons. The highest BCUT2D eigenvalue weighted by atomic mass is 16.5. The van der Waals surface area contributed by atoms with E-state index in [2.05, 4.69) is 0 Å². The molecular formula is C17H18O5. The van der Waals surface area contributed by atoms with Gasteiger partial charge in [-0.25, -0.2) is 0 Å². The number of hydrogen-bond acceptors (Lipinski definition) is 5. The average molecular weight is 302 g/mol. The lowest BCUT2D eigenvalue weighted by Crippen LogP contribution is -2.10. The molecule has 1 N–H and O–H groups in total. The quantitative estimate of drug-likeness (QED) is 0.797. The molecule has 2 rings (SSSR count). The van der Waals surface area contributed by atoms with Crippen molar-refractivity contribution in [2.75, 3.05) is 20.8 Å². The number of carbonyl (C=O) groups excluding carboxylic acids is 1. The molecule has 22 heavy (non-hydrogen) atoms. The van der Waals surface area contributed by atoms with Gasteiger partial charge in [-0.1, -0.05) is 30.3 Å². The Morgan fingerprint density at radius 1 is 1.14 bits per heavy atom. The van der Waals surface area contributed by atoms with Gasteiger partial charge in [0.15, 0.2) is 5.78 Å². The first-order chi connectivity index (χ1) is 10.7. The number of rotatable bonds is 7. The minimum absolute atomic E-state index is 0.0959. The molecule has 0 atom stereocenters.